The second-order valence-corrected chi connectivity index (χ2v) is 17.7. The summed E-state index contributed by atoms with van der Waals surface area (Å²) in [6.45, 7) is 7.90. The maximum Gasteiger partial charge on any atom is 0.255 e. The van der Waals surface area contributed by atoms with Crippen molar-refractivity contribution in [2.24, 2.45) is 11.3 Å². The summed E-state index contributed by atoms with van der Waals surface area (Å²) in [5.74, 6) is -3.19. The number of H-pyrrole nitrogens is 1. The van der Waals surface area contributed by atoms with Crippen molar-refractivity contribution in [2.45, 2.75) is 90.4 Å². The van der Waals surface area contributed by atoms with E-state index in [4.69, 9.17) is 0 Å². The molecule has 0 saturated carbocycles. The lowest BCUT2D eigenvalue weighted by molar-refractivity contribution is -0.143. The number of fused-ring (bicyclic) bond motifs is 3. The molecule has 1 aromatic heterocycles. The SMILES string of the molecule is CC(C)Cc1c([C@H](CCC(F)F)c2c(F)cc(N3CCC4(CN(C(=O)CN5Cc6cc7c(cc6C5)C(=O)N(C5CCC(=O)NC5=O)C7)C4)C3)cc2F)[nH]c2ccccc12. The van der Waals surface area contributed by atoms with E-state index in [2.05, 4.69) is 29.0 Å². The van der Waals surface area contributed by atoms with Gasteiger partial charge < -0.3 is 19.7 Å². The molecule has 4 aromatic rings. The molecule has 3 fully saturated rings. The van der Waals surface area contributed by atoms with E-state index in [1.807, 2.05) is 46.2 Å². The van der Waals surface area contributed by atoms with E-state index < -0.39 is 42.3 Å². The van der Waals surface area contributed by atoms with Gasteiger partial charge in [-0.25, -0.2) is 17.6 Å². The average Bonchev–Trinajstić information content (AvgIpc) is 3.94. The van der Waals surface area contributed by atoms with Gasteiger partial charge in [-0.1, -0.05) is 38.1 Å². The predicted molar refractivity (Wildman–Crippen MR) is 213 cm³/mol. The van der Waals surface area contributed by atoms with Gasteiger partial charge in [0.1, 0.15) is 17.7 Å². The van der Waals surface area contributed by atoms with Gasteiger partial charge in [0.05, 0.1) is 6.54 Å². The lowest BCUT2D eigenvalue weighted by atomic mass is 9.79. The number of carbonyl (C=O) groups is 4. The fourth-order valence-electron chi connectivity index (χ4n) is 10.3. The minimum absolute atomic E-state index is 0.000346. The molecule has 0 bridgehead atoms. The third-order valence-electron chi connectivity index (χ3n) is 13.1. The van der Waals surface area contributed by atoms with Crippen LogP contribution in [0, 0.1) is 23.0 Å². The summed E-state index contributed by atoms with van der Waals surface area (Å²) in [5, 5.41) is 3.26. The summed E-state index contributed by atoms with van der Waals surface area (Å²) in [6.07, 6.45) is -1.33. The van der Waals surface area contributed by atoms with E-state index in [9.17, 15) is 28.0 Å². The van der Waals surface area contributed by atoms with Crippen LogP contribution in [0.4, 0.5) is 23.2 Å². The van der Waals surface area contributed by atoms with Crippen molar-refractivity contribution in [1.82, 2.24) is 25.0 Å². The number of nitrogens with one attached hydrogen (secondary N) is 2. The van der Waals surface area contributed by atoms with Crippen LogP contribution in [-0.4, -0.2) is 88.5 Å². The first-order chi connectivity index (χ1) is 28.3. The number of aromatic amines is 1. The largest absolute Gasteiger partial charge is 0.371 e. The van der Waals surface area contributed by atoms with Crippen molar-refractivity contribution in [3.8, 4) is 0 Å². The second kappa shape index (κ2) is 15.1. The number of amides is 4. The van der Waals surface area contributed by atoms with Gasteiger partial charge in [-0.2, -0.15) is 0 Å². The monoisotopic (exact) mass is 812 g/mol. The number of alkyl halides is 2. The summed E-state index contributed by atoms with van der Waals surface area (Å²) < 4.78 is 59.8. The van der Waals surface area contributed by atoms with Crippen molar-refractivity contribution >= 4 is 40.2 Å². The second-order valence-electron chi connectivity index (χ2n) is 17.7. The van der Waals surface area contributed by atoms with Crippen LogP contribution >= 0.6 is 0 Å². The van der Waals surface area contributed by atoms with Gasteiger partial charge in [0.25, 0.3) is 5.91 Å². The zero-order valence-corrected chi connectivity index (χ0v) is 33.3. The van der Waals surface area contributed by atoms with Crippen LogP contribution in [0.1, 0.15) is 95.7 Å². The van der Waals surface area contributed by atoms with Gasteiger partial charge in [0.2, 0.25) is 24.1 Å². The molecule has 4 amide bonds. The molecule has 5 aliphatic rings. The highest BCUT2D eigenvalue weighted by atomic mass is 19.3. The normalized spacial score (nSPS) is 20.6. The molecule has 0 radical (unpaired) electrons. The number of piperidine rings is 1. The maximum absolute atomic E-state index is 16.3. The average molecular weight is 813 g/mol. The molecule has 310 valence electrons. The Morgan fingerprint density at radius 3 is 2.36 bits per heavy atom. The predicted octanol–water partition coefficient (Wildman–Crippen LogP) is 6.64. The highest BCUT2D eigenvalue weighted by Crippen LogP contribution is 2.44. The van der Waals surface area contributed by atoms with Crippen molar-refractivity contribution in [1.29, 1.82) is 0 Å². The fourth-order valence-corrected chi connectivity index (χ4v) is 10.3. The first kappa shape index (κ1) is 39.2. The molecule has 3 aromatic carbocycles. The van der Waals surface area contributed by atoms with Crippen LogP contribution in [0.2, 0.25) is 0 Å². The zero-order chi connectivity index (χ0) is 41.3. The summed E-state index contributed by atoms with van der Waals surface area (Å²) in [4.78, 5) is 61.6. The van der Waals surface area contributed by atoms with Crippen LogP contribution in [-0.2, 0) is 40.4 Å². The molecule has 10 nitrogen and oxygen atoms in total. The Hall–Kier alpha value is -5.24. The number of likely N-dealkylation sites (tertiary alicyclic amines) is 1. The Kier molecular flexibility index (Phi) is 10.0. The van der Waals surface area contributed by atoms with Crippen LogP contribution in [0.15, 0.2) is 48.5 Å². The molecule has 2 N–H and O–H groups in total. The van der Waals surface area contributed by atoms with Gasteiger partial charge in [0, 0.05) is 103 Å². The zero-order valence-electron chi connectivity index (χ0n) is 33.3. The van der Waals surface area contributed by atoms with Gasteiger partial charge >= 0.3 is 0 Å². The van der Waals surface area contributed by atoms with Gasteiger partial charge in [0.15, 0.2) is 0 Å². The number of halogens is 4. The number of benzene rings is 3. The number of nitrogens with zero attached hydrogens (tertiary/aromatic N) is 4. The Bertz CT molecular complexity index is 2350. The van der Waals surface area contributed by atoms with Crippen LogP contribution in [0.25, 0.3) is 10.9 Å². The molecule has 14 heteroatoms. The molecule has 2 atom stereocenters. The van der Waals surface area contributed by atoms with Crippen molar-refractivity contribution < 1.29 is 36.7 Å². The third kappa shape index (κ3) is 7.27. The van der Waals surface area contributed by atoms with Crippen LogP contribution in [0.5, 0.6) is 0 Å². The number of anilines is 1. The minimum Gasteiger partial charge on any atom is -0.371 e. The number of para-hydroxylation sites is 1. The number of imide groups is 1. The molecule has 9 rings (SSSR count). The van der Waals surface area contributed by atoms with Crippen molar-refractivity contribution in [3.05, 3.63) is 99.2 Å². The maximum atomic E-state index is 16.3. The van der Waals surface area contributed by atoms with Gasteiger partial charge in [-0.05, 0) is 78.1 Å². The molecule has 1 unspecified atom stereocenters. The number of aromatic nitrogens is 1. The highest BCUT2D eigenvalue weighted by molar-refractivity contribution is 6.05. The van der Waals surface area contributed by atoms with Crippen molar-refractivity contribution in [2.75, 3.05) is 37.6 Å². The number of hydrogen-bond acceptors (Lipinski definition) is 6. The molecule has 59 heavy (non-hydrogen) atoms. The molecular weight excluding hydrogens is 765 g/mol. The van der Waals surface area contributed by atoms with E-state index in [1.54, 1.807) is 4.90 Å². The topological polar surface area (TPSA) is 109 Å². The Morgan fingerprint density at radius 1 is 0.915 bits per heavy atom. The van der Waals surface area contributed by atoms with E-state index in [1.165, 1.54) is 12.1 Å². The van der Waals surface area contributed by atoms with Gasteiger partial charge in [-0.3, -0.25) is 29.4 Å². The van der Waals surface area contributed by atoms with E-state index in [-0.39, 0.29) is 54.0 Å². The highest BCUT2D eigenvalue weighted by Gasteiger charge is 2.50. The number of carbonyl (C=O) groups excluding carboxylic acids is 4. The summed E-state index contributed by atoms with van der Waals surface area (Å²) in [5.41, 5.74) is 5.72. The molecule has 0 aliphatic carbocycles. The van der Waals surface area contributed by atoms with E-state index in [0.717, 1.165) is 39.6 Å². The first-order valence-corrected chi connectivity index (χ1v) is 20.7. The Morgan fingerprint density at radius 2 is 1.64 bits per heavy atom. The smallest absolute Gasteiger partial charge is 0.255 e. The fraction of sp³-hybridized carbons (Fsp3) is 0.467. The Balaban J connectivity index is 0.835. The summed E-state index contributed by atoms with van der Waals surface area (Å²) in [6, 6.07) is 13.5. The summed E-state index contributed by atoms with van der Waals surface area (Å²) in [7, 11) is 0. The molecular formula is C45H48F4N6O4. The third-order valence-corrected chi connectivity index (χ3v) is 13.1. The lowest BCUT2D eigenvalue weighted by Crippen LogP contribution is -2.60. The Labute approximate surface area is 339 Å². The summed E-state index contributed by atoms with van der Waals surface area (Å²) >= 11 is 0. The molecule has 6 heterocycles. The number of rotatable bonds is 11. The molecule has 5 aliphatic heterocycles. The number of hydrogen-bond donors (Lipinski definition) is 2. The minimum atomic E-state index is -2.61. The van der Waals surface area contributed by atoms with E-state index in [0.29, 0.717) is 75.6 Å². The first-order valence-electron chi connectivity index (χ1n) is 20.7. The van der Waals surface area contributed by atoms with Crippen LogP contribution in [0.3, 0.4) is 0 Å². The van der Waals surface area contributed by atoms with E-state index >= 15 is 8.78 Å². The van der Waals surface area contributed by atoms with Crippen molar-refractivity contribution in [3.63, 3.8) is 0 Å². The molecule has 3 saturated heterocycles. The molecule has 1 spiro atoms. The quantitative estimate of drug-likeness (QED) is 0.130. The van der Waals surface area contributed by atoms with Gasteiger partial charge in [-0.15, -0.1) is 0 Å². The lowest BCUT2D eigenvalue weighted by Gasteiger charge is -2.48. The van der Waals surface area contributed by atoms with Crippen LogP contribution < -0.4 is 10.2 Å². The standard InChI is InChI=1S/C45H48F4N6O4/c1-25(2)13-33-30-5-3-4-6-36(30)50-42(33)31(7-9-38(48)49)41-34(46)16-29(17-35(41)47)53-12-11-45(22-53)23-54(24-45)40(57)21-52-18-26-14-28-20-55(37-8-10-39(56)51-43(37)58)44(59)32(28)15-27(26)19-52/h3-6,14-17,25,31,37-38,50H,7-13,18-24H2,1-2H3,(H,51,56,58)/t31-,37?/m1/s1.